The van der Waals surface area contributed by atoms with E-state index in [4.69, 9.17) is 10.5 Å². The van der Waals surface area contributed by atoms with E-state index in [0.717, 1.165) is 31.5 Å². The van der Waals surface area contributed by atoms with Crippen molar-refractivity contribution in [2.75, 3.05) is 20.2 Å². The van der Waals surface area contributed by atoms with E-state index >= 15 is 0 Å². The van der Waals surface area contributed by atoms with Gasteiger partial charge in [-0.2, -0.15) is 0 Å². The molecular weight excluding hydrogens is 305 g/mol. The molecule has 2 atom stereocenters. The Hall–Kier alpha value is -0.820. The van der Waals surface area contributed by atoms with Crippen LogP contribution in [0.1, 0.15) is 18.4 Å². The van der Waals surface area contributed by atoms with Crippen LogP contribution < -0.4 is 5.73 Å². The zero-order valence-corrected chi connectivity index (χ0v) is 12.6. The second-order valence-electron chi connectivity index (χ2n) is 5.12. The molecule has 2 unspecified atom stereocenters. The van der Waals surface area contributed by atoms with Crippen LogP contribution in [0.4, 0.5) is 13.2 Å². The number of benzene rings is 1. The van der Waals surface area contributed by atoms with Crippen LogP contribution in [0, 0.1) is 17.5 Å². The van der Waals surface area contributed by atoms with E-state index in [0.29, 0.717) is 18.7 Å². The van der Waals surface area contributed by atoms with Crippen LogP contribution >= 0.6 is 12.4 Å². The average molecular weight is 325 g/mol. The van der Waals surface area contributed by atoms with Crippen molar-refractivity contribution in [2.24, 2.45) is 5.73 Å². The van der Waals surface area contributed by atoms with E-state index in [9.17, 15) is 13.2 Å². The van der Waals surface area contributed by atoms with Crippen molar-refractivity contribution in [1.82, 2.24) is 4.90 Å². The molecule has 1 aliphatic rings. The summed E-state index contributed by atoms with van der Waals surface area (Å²) < 4.78 is 44.7. The molecule has 0 aliphatic carbocycles. The summed E-state index contributed by atoms with van der Waals surface area (Å²) in [6.45, 7) is 1.54. The fourth-order valence-electron chi connectivity index (χ4n) is 2.66. The molecule has 0 bridgehead atoms. The third-order valence-corrected chi connectivity index (χ3v) is 3.82. The number of halogens is 4. The molecule has 0 radical (unpaired) electrons. The molecule has 1 fully saturated rings. The first-order valence-electron chi connectivity index (χ1n) is 6.65. The molecular formula is C14H20ClF3N2O. The lowest BCUT2D eigenvalue weighted by atomic mass is 9.98. The van der Waals surface area contributed by atoms with E-state index in [2.05, 4.69) is 4.90 Å². The molecule has 1 saturated heterocycles. The molecule has 120 valence electrons. The van der Waals surface area contributed by atoms with Crippen molar-refractivity contribution in [3.63, 3.8) is 0 Å². The molecule has 3 nitrogen and oxygen atoms in total. The van der Waals surface area contributed by atoms with Gasteiger partial charge >= 0.3 is 0 Å². The molecule has 0 aromatic heterocycles. The smallest absolute Gasteiger partial charge is 0.194 e. The van der Waals surface area contributed by atoms with Gasteiger partial charge in [0.2, 0.25) is 0 Å². The number of nitrogens with zero attached hydrogens (tertiary/aromatic N) is 1. The summed E-state index contributed by atoms with van der Waals surface area (Å²) in [5.41, 5.74) is 6.16. The topological polar surface area (TPSA) is 38.5 Å². The van der Waals surface area contributed by atoms with Crippen molar-refractivity contribution in [1.29, 1.82) is 0 Å². The van der Waals surface area contributed by atoms with Crippen molar-refractivity contribution in [2.45, 2.75) is 31.5 Å². The Morgan fingerprint density at radius 3 is 2.43 bits per heavy atom. The molecule has 1 aliphatic heterocycles. The molecule has 1 aromatic carbocycles. The number of piperidine rings is 1. The van der Waals surface area contributed by atoms with Crippen LogP contribution in [0.5, 0.6) is 0 Å². The third kappa shape index (κ3) is 4.32. The first kappa shape index (κ1) is 18.2. The van der Waals surface area contributed by atoms with Crippen LogP contribution in [0.25, 0.3) is 0 Å². The lowest BCUT2D eigenvalue weighted by molar-refractivity contribution is 0.0101. The van der Waals surface area contributed by atoms with Gasteiger partial charge in [-0.15, -0.1) is 12.4 Å². The zero-order valence-electron chi connectivity index (χ0n) is 11.8. The Labute approximate surface area is 128 Å². The first-order valence-corrected chi connectivity index (χ1v) is 6.65. The minimum absolute atomic E-state index is 0. The average Bonchev–Trinajstić information content (AvgIpc) is 2.45. The lowest BCUT2D eigenvalue weighted by Gasteiger charge is -2.38. The van der Waals surface area contributed by atoms with Gasteiger partial charge in [0.15, 0.2) is 17.5 Å². The molecule has 1 heterocycles. The van der Waals surface area contributed by atoms with E-state index < -0.39 is 17.5 Å². The van der Waals surface area contributed by atoms with Gasteiger partial charge in [-0.25, -0.2) is 13.2 Å². The second kappa shape index (κ2) is 7.98. The predicted molar refractivity (Wildman–Crippen MR) is 76.8 cm³/mol. The molecule has 0 spiro atoms. The number of hydrogen-bond donors (Lipinski definition) is 1. The maximum Gasteiger partial charge on any atom is 0.194 e. The van der Waals surface area contributed by atoms with Gasteiger partial charge in [-0.3, -0.25) is 4.90 Å². The summed E-state index contributed by atoms with van der Waals surface area (Å²) in [5, 5.41) is 0. The van der Waals surface area contributed by atoms with E-state index in [1.165, 1.54) is 0 Å². The Morgan fingerprint density at radius 1 is 1.29 bits per heavy atom. The minimum Gasteiger partial charge on any atom is -0.381 e. The maximum atomic E-state index is 13.2. The van der Waals surface area contributed by atoms with Crippen molar-refractivity contribution in [3.8, 4) is 0 Å². The molecule has 1 aromatic rings. The summed E-state index contributed by atoms with van der Waals surface area (Å²) in [6, 6.07) is 2.17. The SMILES string of the molecule is COC1CCN(Cc2cc(F)c(F)c(F)c2)C(CN)C1.Cl. The molecule has 21 heavy (non-hydrogen) atoms. The lowest BCUT2D eigenvalue weighted by Crippen LogP contribution is -2.48. The molecule has 2 rings (SSSR count). The van der Waals surface area contributed by atoms with Crippen molar-refractivity contribution in [3.05, 3.63) is 35.1 Å². The summed E-state index contributed by atoms with van der Waals surface area (Å²) >= 11 is 0. The summed E-state index contributed by atoms with van der Waals surface area (Å²) in [7, 11) is 1.67. The Kier molecular flexibility index (Phi) is 6.93. The standard InChI is InChI=1S/C14H19F3N2O.ClH/c1-20-11-2-3-19(10(6-11)7-18)8-9-4-12(15)14(17)13(16)5-9;/h4-5,10-11H,2-3,6-8,18H2,1H3;1H. The van der Waals surface area contributed by atoms with Gasteiger partial charge in [0.1, 0.15) is 0 Å². The predicted octanol–water partition coefficient (Wildman–Crippen LogP) is 2.46. The van der Waals surface area contributed by atoms with Crippen molar-refractivity contribution >= 4 is 12.4 Å². The summed E-state index contributed by atoms with van der Waals surface area (Å²) in [6.07, 6.45) is 1.81. The number of rotatable bonds is 4. The van der Waals surface area contributed by atoms with Gasteiger partial charge in [0, 0.05) is 32.8 Å². The fraction of sp³-hybridized carbons (Fsp3) is 0.571. The van der Waals surface area contributed by atoms with Crippen LogP contribution in [0.15, 0.2) is 12.1 Å². The Balaban J connectivity index is 0.00000220. The Morgan fingerprint density at radius 2 is 1.90 bits per heavy atom. The van der Waals surface area contributed by atoms with Gasteiger partial charge in [-0.1, -0.05) is 0 Å². The molecule has 2 N–H and O–H groups in total. The number of nitrogens with two attached hydrogens (primary N) is 1. The van der Waals surface area contributed by atoms with Crippen LogP contribution in [0.2, 0.25) is 0 Å². The summed E-state index contributed by atoms with van der Waals surface area (Å²) in [4.78, 5) is 2.06. The molecule has 0 amide bonds. The minimum atomic E-state index is -1.43. The first-order chi connectivity index (χ1) is 9.55. The van der Waals surface area contributed by atoms with Gasteiger partial charge < -0.3 is 10.5 Å². The monoisotopic (exact) mass is 324 g/mol. The van der Waals surface area contributed by atoms with Crippen molar-refractivity contribution < 1.29 is 17.9 Å². The third-order valence-electron chi connectivity index (χ3n) is 3.82. The van der Waals surface area contributed by atoms with Gasteiger partial charge in [-0.05, 0) is 30.5 Å². The number of methoxy groups -OCH3 is 1. The highest BCUT2D eigenvalue weighted by Crippen LogP contribution is 2.22. The summed E-state index contributed by atoms with van der Waals surface area (Å²) in [5.74, 6) is -3.74. The zero-order chi connectivity index (χ0) is 14.7. The van der Waals surface area contributed by atoms with Crippen LogP contribution in [-0.4, -0.2) is 37.2 Å². The second-order valence-corrected chi connectivity index (χ2v) is 5.12. The highest BCUT2D eigenvalue weighted by molar-refractivity contribution is 5.85. The van der Waals surface area contributed by atoms with Gasteiger partial charge in [0.05, 0.1) is 6.10 Å². The van der Waals surface area contributed by atoms with Gasteiger partial charge in [0.25, 0.3) is 0 Å². The highest BCUT2D eigenvalue weighted by atomic mass is 35.5. The number of hydrogen-bond acceptors (Lipinski definition) is 3. The largest absolute Gasteiger partial charge is 0.381 e. The number of likely N-dealkylation sites (tertiary alicyclic amines) is 1. The van der Waals surface area contributed by atoms with E-state index in [-0.39, 0.29) is 24.6 Å². The van der Waals surface area contributed by atoms with Crippen LogP contribution in [-0.2, 0) is 11.3 Å². The van der Waals surface area contributed by atoms with Crippen LogP contribution in [0.3, 0.4) is 0 Å². The van der Waals surface area contributed by atoms with E-state index in [1.807, 2.05) is 0 Å². The maximum absolute atomic E-state index is 13.2. The number of ether oxygens (including phenoxy) is 1. The highest BCUT2D eigenvalue weighted by Gasteiger charge is 2.27. The normalized spacial score (nSPS) is 22.9. The van der Waals surface area contributed by atoms with E-state index in [1.54, 1.807) is 7.11 Å². The quantitative estimate of drug-likeness (QED) is 0.865. The molecule has 0 saturated carbocycles. The Bertz CT molecular complexity index is 453. The molecule has 7 heteroatoms. The fourth-order valence-corrected chi connectivity index (χ4v) is 2.66.